The molecule has 88 valence electrons. The normalized spacial score (nSPS) is 13.7. The maximum atomic E-state index is 11.6. The third-order valence-electron chi connectivity index (χ3n) is 2.43. The van der Waals surface area contributed by atoms with E-state index in [2.05, 4.69) is 5.16 Å². The lowest BCUT2D eigenvalue weighted by Crippen LogP contribution is -2.37. The van der Waals surface area contributed by atoms with Crippen molar-refractivity contribution in [2.75, 3.05) is 7.05 Å². The summed E-state index contributed by atoms with van der Waals surface area (Å²) in [4.78, 5) is 13.2. The molecule has 0 aliphatic heterocycles. The standard InChI is InChI=1S/C10H21N3O2/c1-4-5-6-10(14)13(3)8(2)7-9(11)12-15/h8,15H,4-7H2,1-3H3,(H2,11,12). The van der Waals surface area contributed by atoms with Crippen LogP contribution in [0.1, 0.15) is 39.5 Å². The van der Waals surface area contributed by atoms with Gasteiger partial charge in [-0.2, -0.15) is 0 Å². The number of hydrogen-bond donors (Lipinski definition) is 2. The Morgan fingerprint density at radius 1 is 1.60 bits per heavy atom. The summed E-state index contributed by atoms with van der Waals surface area (Å²) in [6.45, 7) is 3.93. The van der Waals surface area contributed by atoms with Gasteiger partial charge in [0.15, 0.2) is 0 Å². The van der Waals surface area contributed by atoms with Gasteiger partial charge in [-0.3, -0.25) is 4.79 Å². The van der Waals surface area contributed by atoms with Crippen LogP contribution in [0.3, 0.4) is 0 Å². The molecule has 0 bridgehead atoms. The molecule has 0 aliphatic rings. The van der Waals surface area contributed by atoms with Gasteiger partial charge in [-0.05, 0) is 13.3 Å². The minimum atomic E-state index is -0.0368. The molecule has 0 saturated carbocycles. The second kappa shape index (κ2) is 7.09. The molecule has 1 atom stereocenters. The van der Waals surface area contributed by atoms with Crippen LogP contribution in [-0.4, -0.2) is 34.9 Å². The Labute approximate surface area is 90.9 Å². The summed E-state index contributed by atoms with van der Waals surface area (Å²) in [5.41, 5.74) is 5.37. The van der Waals surface area contributed by atoms with E-state index in [-0.39, 0.29) is 17.8 Å². The van der Waals surface area contributed by atoms with Gasteiger partial charge in [0.25, 0.3) is 0 Å². The van der Waals surface area contributed by atoms with Crippen LogP contribution in [0.5, 0.6) is 0 Å². The number of amidine groups is 1. The number of nitrogens with zero attached hydrogens (tertiary/aromatic N) is 2. The number of carbonyl (C=O) groups excluding carboxylic acids is 1. The molecule has 1 amide bonds. The molecule has 0 aliphatic carbocycles. The van der Waals surface area contributed by atoms with Gasteiger partial charge in [-0.1, -0.05) is 18.5 Å². The summed E-state index contributed by atoms with van der Waals surface area (Å²) in [5.74, 6) is 0.257. The van der Waals surface area contributed by atoms with Gasteiger partial charge < -0.3 is 15.8 Å². The van der Waals surface area contributed by atoms with Crippen LogP contribution in [-0.2, 0) is 4.79 Å². The molecule has 1 unspecified atom stereocenters. The highest BCUT2D eigenvalue weighted by Crippen LogP contribution is 2.05. The molecule has 3 N–H and O–H groups in total. The van der Waals surface area contributed by atoms with Crippen molar-refractivity contribution in [2.24, 2.45) is 10.9 Å². The number of oxime groups is 1. The Hall–Kier alpha value is -1.26. The van der Waals surface area contributed by atoms with E-state index in [0.717, 1.165) is 12.8 Å². The quantitative estimate of drug-likeness (QED) is 0.302. The summed E-state index contributed by atoms with van der Waals surface area (Å²) < 4.78 is 0. The first-order chi connectivity index (χ1) is 7.02. The first-order valence-electron chi connectivity index (χ1n) is 5.25. The predicted molar refractivity (Wildman–Crippen MR) is 59.8 cm³/mol. The number of rotatable bonds is 6. The number of carbonyl (C=O) groups is 1. The van der Waals surface area contributed by atoms with Gasteiger partial charge in [0.05, 0.1) is 0 Å². The fraction of sp³-hybridized carbons (Fsp3) is 0.800. The highest BCUT2D eigenvalue weighted by atomic mass is 16.4. The minimum Gasteiger partial charge on any atom is -0.409 e. The summed E-state index contributed by atoms with van der Waals surface area (Å²) >= 11 is 0. The number of nitrogens with two attached hydrogens (primary N) is 1. The third-order valence-corrected chi connectivity index (χ3v) is 2.43. The topological polar surface area (TPSA) is 78.9 Å². The number of unbranched alkanes of at least 4 members (excludes halogenated alkanes) is 1. The lowest BCUT2D eigenvalue weighted by molar-refractivity contribution is -0.131. The van der Waals surface area contributed by atoms with Gasteiger partial charge in [-0.15, -0.1) is 0 Å². The Balaban J connectivity index is 4.07. The Morgan fingerprint density at radius 3 is 2.67 bits per heavy atom. The smallest absolute Gasteiger partial charge is 0.222 e. The second-order valence-electron chi connectivity index (χ2n) is 3.75. The molecule has 15 heavy (non-hydrogen) atoms. The van der Waals surface area contributed by atoms with Gasteiger partial charge >= 0.3 is 0 Å². The monoisotopic (exact) mass is 215 g/mol. The molecule has 0 rings (SSSR count). The van der Waals surface area contributed by atoms with Crippen LogP contribution >= 0.6 is 0 Å². The van der Waals surface area contributed by atoms with Crippen LogP contribution < -0.4 is 5.73 Å². The first kappa shape index (κ1) is 13.7. The zero-order chi connectivity index (χ0) is 11.8. The SMILES string of the molecule is CCCCC(=O)N(C)C(C)CC(N)=NO. The first-order valence-corrected chi connectivity index (χ1v) is 5.25. The molecule has 0 aromatic heterocycles. The lowest BCUT2D eigenvalue weighted by Gasteiger charge is -2.24. The van der Waals surface area contributed by atoms with E-state index in [9.17, 15) is 4.79 Å². The van der Waals surface area contributed by atoms with Crippen molar-refractivity contribution in [2.45, 2.75) is 45.6 Å². The molecule has 0 aromatic carbocycles. The van der Waals surface area contributed by atoms with E-state index < -0.39 is 0 Å². The third kappa shape index (κ3) is 5.24. The number of hydrogen-bond acceptors (Lipinski definition) is 3. The van der Waals surface area contributed by atoms with Crippen molar-refractivity contribution in [1.82, 2.24) is 4.90 Å². The van der Waals surface area contributed by atoms with E-state index in [1.54, 1.807) is 11.9 Å². The van der Waals surface area contributed by atoms with Crippen molar-refractivity contribution in [3.8, 4) is 0 Å². The van der Waals surface area contributed by atoms with Crippen LogP contribution in [0.4, 0.5) is 0 Å². The minimum absolute atomic E-state index is 0.0368. The van der Waals surface area contributed by atoms with Crippen molar-refractivity contribution in [3.05, 3.63) is 0 Å². The molecule has 5 heteroatoms. The Morgan fingerprint density at radius 2 is 2.20 bits per heavy atom. The van der Waals surface area contributed by atoms with Crippen molar-refractivity contribution in [3.63, 3.8) is 0 Å². The second-order valence-corrected chi connectivity index (χ2v) is 3.75. The maximum absolute atomic E-state index is 11.6. The zero-order valence-corrected chi connectivity index (χ0v) is 9.73. The van der Waals surface area contributed by atoms with Gasteiger partial charge in [0.1, 0.15) is 5.84 Å². The summed E-state index contributed by atoms with van der Waals surface area (Å²) in [5, 5.41) is 11.3. The van der Waals surface area contributed by atoms with Gasteiger partial charge in [-0.25, -0.2) is 0 Å². The largest absolute Gasteiger partial charge is 0.409 e. The van der Waals surface area contributed by atoms with Crippen molar-refractivity contribution in [1.29, 1.82) is 0 Å². The summed E-state index contributed by atoms with van der Waals surface area (Å²) in [6, 6.07) is -0.0368. The molecule has 0 radical (unpaired) electrons. The summed E-state index contributed by atoms with van der Waals surface area (Å²) in [7, 11) is 1.74. The Kier molecular flexibility index (Phi) is 6.49. The van der Waals surface area contributed by atoms with Crippen molar-refractivity contribution >= 4 is 11.7 Å². The maximum Gasteiger partial charge on any atom is 0.222 e. The summed E-state index contributed by atoms with van der Waals surface area (Å²) in [6.07, 6.45) is 2.87. The molecule has 0 spiro atoms. The number of amides is 1. The van der Waals surface area contributed by atoms with Gasteiger partial charge in [0.2, 0.25) is 5.91 Å². The van der Waals surface area contributed by atoms with Crippen LogP contribution in [0.25, 0.3) is 0 Å². The van der Waals surface area contributed by atoms with E-state index >= 15 is 0 Å². The Bertz CT molecular complexity index is 229. The van der Waals surface area contributed by atoms with E-state index in [1.165, 1.54) is 0 Å². The van der Waals surface area contributed by atoms with E-state index in [0.29, 0.717) is 12.8 Å². The van der Waals surface area contributed by atoms with Crippen LogP contribution in [0.15, 0.2) is 5.16 Å². The highest BCUT2D eigenvalue weighted by Gasteiger charge is 2.16. The zero-order valence-electron chi connectivity index (χ0n) is 9.73. The molecule has 0 aromatic rings. The molecule has 0 fully saturated rings. The molecular formula is C10H21N3O2. The molecule has 0 saturated heterocycles. The fourth-order valence-corrected chi connectivity index (χ4v) is 1.23. The van der Waals surface area contributed by atoms with Gasteiger partial charge in [0, 0.05) is 25.9 Å². The molecule has 0 heterocycles. The molecule has 5 nitrogen and oxygen atoms in total. The average molecular weight is 215 g/mol. The molecular weight excluding hydrogens is 194 g/mol. The van der Waals surface area contributed by atoms with Crippen molar-refractivity contribution < 1.29 is 10.0 Å². The van der Waals surface area contributed by atoms with E-state index in [1.807, 2.05) is 13.8 Å². The average Bonchev–Trinajstić information content (AvgIpc) is 2.24. The van der Waals surface area contributed by atoms with E-state index in [4.69, 9.17) is 10.9 Å². The van der Waals surface area contributed by atoms with Crippen LogP contribution in [0, 0.1) is 0 Å². The fourth-order valence-electron chi connectivity index (χ4n) is 1.23. The highest BCUT2D eigenvalue weighted by molar-refractivity contribution is 5.81. The van der Waals surface area contributed by atoms with Crippen LogP contribution in [0.2, 0.25) is 0 Å². The predicted octanol–water partition coefficient (Wildman–Crippen LogP) is 1.16. The lowest BCUT2D eigenvalue weighted by atomic mass is 10.1.